The van der Waals surface area contributed by atoms with Gasteiger partial charge in [0.15, 0.2) is 0 Å². The molecule has 0 unspecified atom stereocenters. The van der Waals surface area contributed by atoms with Crippen LogP contribution in [0.4, 0.5) is 5.69 Å². The normalized spacial score (nSPS) is 10.7. The Bertz CT molecular complexity index is 546. The minimum Gasteiger partial charge on any atom is -0.378 e. The summed E-state index contributed by atoms with van der Waals surface area (Å²) in [5, 5.41) is 6.50. The van der Waals surface area contributed by atoms with Crippen molar-refractivity contribution in [3.63, 3.8) is 0 Å². The Morgan fingerprint density at radius 2 is 1.29 bits per heavy atom. The standard InChI is InChI=1S/C26H47N3O.ClH/c1-23(2)15-12-10-8-6-5-7-9-11-13-20-27-21-14-22-28-26(30)24-16-18-25(19-17-24)29(3)4;/h16-19,23,27H,5-15,20-22H2,1-4H3,(H,28,30);1H. The zero-order valence-electron chi connectivity index (χ0n) is 20.5. The Balaban J connectivity index is 0.00000900. The van der Waals surface area contributed by atoms with Crippen molar-refractivity contribution in [1.82, 2.24) is 10.6 Å². The first kappa shape index (κ1) is 29.7. The molecule has 0 heterocycles. The molecule has 0 aromatic heterocycles. The van der Waals surface area contributed by atoms with E-state index in [1.165, 1.54) is 64.2 Å². The molecule has 0 saturated heterocycles. The van der Waals surface area contributed by atoms with Gasteiger partial charge in [0.05, 0.1) is 0 Å². The van der Waals surface area contributed by atoms with Crippen molar-refractivity contribution >= 4 is 24.0 Å². The molecule has 0 aliphatic heterocycles. The van der Waals surface area contributed by atoms with Crippen LogP contribution in [0.3, 0.4) is 0 Å². The summed E-state index contributed by atoms with van der Waals surface area (Å²) in [5.41, 5.74) is 1.83. The van der Waals surface area contributed by atoms with E-state index in [2.05, 4.69) is 24.5 Å². The highest BCUT2D eigenvalue weighted by Gasteiger charge is 2.05. The zero-order valence-corrected chi connectivity index (χ0v) is 21.4. The molecular weight excluding hydrogens is 406 g/mol. The van der Waals surface area contributed by atoms with Crippen molar-refractivity contribution in [3.05, 3.63) is 29.8 Å². The van der Waals surface area contributed by atoms with Gasteiger partial charge in [-0.25, -0.2) is 0 Å². The summed E-state index contributed by atoms with van der Waals surface area (Å²) in [6.45, 7) is 7.42. The molecule has 1 rings (SSSR count). The van der Waals surface area contributed by atoms with E-state index in [4.69, 9.17) is 0 Å². The van der Waals surface area contributed by atoms with E-state index < -0.39 is 0 Å². The fraction of sp³-hybridized carbons (Fsp3) is 0.731. The van der Waals surface area contributed by atoms with E-state index in [1.807, 2.05) is 43.3 Å². The second-order valence-electron chi connectivity index (χ2n) is 9.17. The highest BCUT2D eigenvalue weighted by Crippen LogP contribution is 2.13. The van der Waals surface area contributed by atoms with Crippen LogP contribution in [-0.2, 0) is 0 Å². The summed E-state index contributed by atoms with van der Waals surface area (Å²) in [5.74, 6) is 0.878. The molecule has 0 saturated carbocycles. The van der Waals surface area contributed by atoms with Crippen molar-refractivity contribution in [2.75, 3.05) is 38.6 Å². The number of hydrogen-bond donors (Lipinski definition) is 2. The van der Waals surface area contributed by atoms with Crippen molar-refractivity contribution in [2.45, 2.75) is 84.5 Å². The molecule has 180 valence electrons. The molecule has 0 bridgehead atoms. The molecular formula is C26H48ClN3O. The first-order valence-corrected chi connectivity index (χ1v) is 12.3. The predicted molar refractivity (Wildman–Crippen MR) is 139 cm³/mol. The number of amides is 1. The van der Waals surface area contributed by atoms with Crippen LogP contribution in [0.5, 0.6) is 0 Å². The number of benzene rings is 1. The van der Waals surface area contributed by atoms with Gasteiger partial charge in [0.2, 0.25) is 0 Å². The highest BCUT2D eigenvalue weighted by atomic mass is 35.5. The molecule has 0 aliphatic rings. The van der Waals surface area contributed by atoms with E-state index in [1.54, 1.807) is 0 Å². The van der Waals surface area contributed by atoms with Crippen LogP contribution in [0.1, 0.15) is 94.8 Å². The molecule has 1 aromatic rings. The van der Waals surface area contributed by atoms with Crippen LogP contribution < -0.4 is 15.5 Å². The van der Waals surface area contributed by atoms with Crippen LogP contribution in [0.15, 0.2) is 24.3 Å². The second-order valence-corrected chi connectivity index (χ2v) is 9.17. The molecule has 0 radical (unpaired) electrons. The number of anilines is 1. The average molecular weight is 454 g/mol. The van der Waals surface area contributed by atoms with Crippen LogP contribution >= 0.6 is 12.4 Å². The van der Waals surface area contributed by atoms with Gasteiger partial charge in [0, 0.05) is 31.9 Å². The molecule has 1 amide bonds. The lowest BCUT2D eigenvalue weighted by Gasteiger charge is -2.12. The molecule has 0 atom stereocenters. The summed E-state index contributed by atoms with van der Waals surface area (Å²) >= 11 is 0. The highest BCUT2D eigenvalue weighted by molar-refractivity contribution is 5.94. The number of nitrogens with one attached hydrogen (secondary N) is 2. The first-order chi connectivity index (χ1) is 14.5. The van der Waals surface area contributed by atoms with Gasteiger partial charge in [-0.15, -0.1) is 12.4 Å². The Morgan fingerprint density at radius 1 is 0.774 bits per heavy atom. The minimum absolute atomic E-state index is 0. The summed E-state index contributed by atoms with van der Waals surface area (Å²) in [6.07, 6.45) is 14.8. The van der Waals surface area contributed by atoms with Gasteiger partial charge < -0.3 is 15.5 Å². The van der Waals surface area contributed by atoms with Crippen LogP contribution in [-0.4, -0.2) is 39.6 Å². The number of halogens is 1. The third kappa shape index (κ3) is 16.1. The maximum atomic E-state index is 12.1. The maximum absolute atomic E-state index is 12.1. The summed E-state index contributed by atoms with van der Waals surface area (Å²) in [4.78, 5) is 14.2. The van der Waals surface area contributed by atoms with E-state index in [0.717, 1.165) is 43.2 Å². The summed E-state index contributed by atoms with van der Waals surface area (Å²) < 4.78 is 0. The van der Waals surface area contributed by atoms with Crippen molar-refractivity contribution in [3.8, 4) is 0 Å². The Labute approximate surface area is 198 Å². The van der Waals surface area contributed by atoms with Gasteiger partial charge >= 0.3 is 0 Å². The Morgan fingerprint density at radius 3 is 1.84 bits per heavy atom. The van der Waals surface area contributed by atoms with E-state index >= 15 is 0 Å². The Kier molecular flexibility index (Phi) is 18.6. The number of unbranched alkanes of at least 4 members (excludes halogenated alkanes) is 8. The first-order valence-electron chi connectivity index (χ1n) is 12.3. The number of nitrogens with zero attached hydrogens (tertiary/aromatic N) is 1. The largest absolute Gasteiger partial charge is 0.378 e. The monoisotopic (exact) mass is 453 g/mol. The van der Waals surface area contributed by atoms with Gasteiger partial charge in [0.1, 0.15) is 0 Å². The molecule has 4 nitrogen and oxygen atoms in total. The zero-order chi connectivity index (χ0) is 22.0. The predicted octanol–water partition coefficient (Wildman–Crippen LogP) is 6.44. The van der Waals surface area contributed by atoms with Gasteiger partial charge in [-0.1, -0.05) is 71.6 Å². The van der Waals surface area contributed by atoms with E-state index in [0.29, 0.717) is 0 Å². The van der Waals surface area contributed by atoms with Gasteiger partial charge in [-0.3, -0.25) is 4.79 Å². The third-order valence-electron chi connectivity index (χ3n) is 5.60. The van der Waals surface area contributed by atoms with Gasteiger partial charge in [0.25, 0.3) is 5.91 Å². The Hall–Kier alpha value is -1.26. The number of carbonyl (C=O) groups excluding carboxylic acids is 1. The van der Waals surface area contributed by atoms with Crippen molar-refractivity contribution in [2.24, 2.45) is 5.92 Å². The fourth-order valence-corrected chi connectivity index (χ4v) is 3.59. The van der Waals surface area contributed by atoms with Crippen LogP contribution in [0, 0.1) is 5.92 Å². The van der Waals surface area contributed by atoms with E-state index in [9.17, 15) is 4.79 Å². The molecule has 2 N–H and O–H groups in total. The lowest BCUT2D eigenvalue weighted by Crippen LogP contribution is -2.27. The fourth-order valence-electron chi connectivity index (χ4n) is 3.59. The quantitative estimate of drug-likeness (QED) is 0.251. The van der Waals surface area contributed by atoms with Crippen LogP contribution in [0.25, 0.3) is 0 Å². The third-order valence-corrected chi connectivity index (χ3v) is 5.60. The molecule has 0 spiro atoms. The summed E-state index contributed by atoms with van der Waals surface area (Å²) in [7, 11) is 4.00. The minimum atomic E-state index is 0. The lowest BCUT2D eigenvalue weighted by atomic mass is 10.0. The molecule has 0 aliphatic carbocycles. The second kappa shape index (κ2) is 19.4. The molecule has 31 heavy (non-hydrogen) atoms. The van der Waals surface area contributed by atoms with Crippen LogP contribution in [0.2, 0.25) is 0 Å². The molecule has 5 heteroatoms. The SMILES string of the molecule is CC(C)CCCCCCCCCCCNCCCNC(=O)c1ccc(N(C)C)cc1.Cl. The van der Waals surface area contributed by atoms with E-state index in [-0.39, 0.29) is 18.3 Å². The number of hydrogen-bond acceptors (Lipinski definition) is 3. The lowest BCUT2D eigenvalue weighted by molar-refractivity contribution is 0.0953. The van der Waals surface area contributed by atoms with Gasteiger partial charge in [-0.05, 0) is 56.1 Å². The average Bonchev–Trinajstić information content (AvgIpc) is 2.73. The smallest absolute Gasteiger partial charge is 0.251 e. The number of rotatable bonds is 18. The van der Waals surface area contributed by atoms with Gasteiger partial charge in [-0.2, -0.15) is 0 Å². The van der Waals surface area contributed by atoms with Crippen molar-refractivity contribution < 1.29 is 4.79 Å². The summed E-state index contributed by atoms with van der Waals surface area (Å²) in [6, 6.07) is 7.72. The molecule has 0 fully saturated rings. The number of carbonyl (C=O) groups is 1. The van der Waals surface area contributed by atoms with Crippen molar-refractivity contribution in [1.29, 1.82) is 0 Å². The topological polar surface area (TPSA) is 44.4 Å². The maximum Gasteiger partial charge on any atom is 0.251 e. The molecule has 1 aromatic carbocycles.